The number of ketones is 1. The van der Waals surface area contributed by atoms with Crippen molar-refractivity contribution in [3.8, 4) is 0 Å². The molecule has 0 aliphatic carbocycles. The Hall–Kier alpha value is -1.43. The first-order valence-electron chi connectivity index (χ1n) is 3.14. The van der Waals surface area contributed by atoms with E-state index in [4.69, 9.17) is 5.73 Å². The van der Waals surface area contributed by atoms with Crippen LogP contribution in [0.25, 0.3) is 0 Å². The molecule has 68 valence electrons. The van der Waals surface area contributed by atoms with E-state index in [-0.39, 0.29) is 0 Å². The van der Waals surface area contributed by atoms with Crippen molar-refractivity contribution >= 4 is 17.7 Å². The zero-order valence-electron chi connectivity index (χ0n) is 6.70. The van der Waals surface area contributed by atoms with E-state index in [2.05, 4.69) is 9.78 Å². The quantitative estimate of drug-likeness (QED) is 0.326. The highest BCUT2D eigenvalue weighted by Gasteiger charge is 2.16. The molecule has 0 saturated carbocycles. The van der Waals surface area contributed by atoms with Crippen molar-refractivity contribution < 1.29 is 24.2 Å². The topological polar surface area (TPSA) is 95.7 Å². The Bertz CT molecular complexity index is 210. The van der Waals surface area contributed by atoms with Crippen LogP contribution in [-0.4, -0.2) is 23.8 Å². The predicted molar refractivity (Wildman–Crippen MR) is 36.5 cm³/mol. The fraction of sp³-hybridized carbons (Fsp3) is 0.500. The summed E-state index contributed by atoms with van der Waals surface area (Å²) < 4.78 is 0. The second-order valence-electron chi connectivity index (χ2n) is 2.12. The summed E-state index contributed by atoms with van der Waals surface area (Å²) >= 11 is 0. The predicted octanol–water partition coefficient (Wildman–Crippen LogP) is -1.08. The molecule has 0 amide bonds. The number of carbonyl (C=O) groups excluding carboxylic acids is 3. The molecular formula is C6H9NO5. The maximum absolute atomic E-state index is 10.5. The average molecular weight is 175 g/mol. The van der Waals surface area contributed by atoms with Crippen LogP contribution < -0.4 is 5.73 Å². The van der Waals surface area contributed by atoms with Crippen LogP contribution in [-0.2, 0) is 24.2 Å². The molecule has 0 aromatic rings. The van der Waals surface area contributed by atoms with Gasteiger partial charge in [0.05, 0.1) is 0 Å². The van der Waals surface area contributed by atoms with E-state index >= 15 is 0 Å². The van der Waals surface area contributed by atoms with Gasteiger partial charge < -0.3 is 5.73 Å². The minimum atomic E-state index is -1.23. The molecule has 0 aliphatic rings. The number of rotatable bonds is 2. The highest BCUT2D eigenvalue weighted by atomic mass is 17.2. The Morgan fingerprint density at radius 2 is 1.75 bits per heavy atom. The standard InChI is InChI=1S/C6H9NO5/c1-3(7)5(9)11-12-6(10)4(2)8/h3H,7H2,1-2H3/t3-/m1/s1. The first kappa shape index (κ1) is 10.6. The van der Waals surface area contributed by atoms with Crippen LogP contribution in [0.2, 0.25) is 0 Å². The Morgan fingerprint density at radius 3 is 2.08 bits per heavy atom. The normalized spacial score (nSPS) is 11.6. The van der Waals surface area contributed by atoms with Crippen LogP contribution in [0.1, 0.15) is 13.8 Å². The van der Waals surface area contributed by atoms with E-state index in [1.165, 1.54) is 6.92 Å². The van der Waals surface area contributed by atoms with Crippen molar-refractivity contribution in [2.75, 3.05) is 0 Å². The van der Waals surface area contributed by atoms with Gasteiger partial charge in [0.15, 0.2) is 0 Å². The van der Waals surface area contributed by atoms with Crippen LogP contribution in [0.3, 0.4) is 0 Å². The number of hydrogen-bond donors (Lipinski definition) is 1. The van der Waals surface area contributed by atoms with Gasteiger partial charge in [0.1, 0.15) is 6.04 Å². The molecule has 0 fully saturated rings. The molecule has 0 bridgehead atoms. The first-order chi connectivity index (χ1) is 5.45. The molecule has 0 spiro atoms. The van der Waals surface area contributed by atoms with E-state index in [1.807, 2.05) is 0 Å². The highest BCUT2D eigenvalue weighted by Crippen LogP contribution is 1.87. The maximum atomic E-state index is 10.5. The summed E-state index contributed by atoms with van der Waals surface area (Å²) in [4.78, 5) is 38.8. The summed E-state index contributed by atoms with van der Waals surface area (Å²) in [6.45, 7) is 2.34. The third-order valence-corrected chi connectivity index (χ3v) is 0.859. The Labute approximate surface area is 68.5 Å². The minimum Gasteiger partial charge on any atom is -0.319 e. The first-order valence-corrected chi connectivity index (χ1v) is 3.14. The second kappa shape index (κ2) is 4.45. The molecule has 0 aromatic carbocycles. The summed E-state index contributed by atoms with van der Waals surface area (Å²) in [5.74, 6) is -3.00. The van der Waals surface area contributed by atoms with E-state index in [9.17, 15) is 14.4 Å². The smallest absolute Gasteiger partial charge is 0.319 e. The lowest BCUT2D eigenvalue weighted by Crippen LogP contribution is -2.30. The Morgan fingerprint density at radius 1 is 1.25 bits per heavy atom. The van der Waals surface area contributed by atoms with Gasteiger partial charge in [0.25, 0.3) is 0 Å². The molecule has 0 aromatic heterocycles. The van der Waals surface area contributed by atoms with Gasteiger partial charge in [-0.1, -0.05) is 0 Å². The fourth-order valence-electron chi connectivity index (χ4n) is 0.213. The van der Waals surface area contributed by atoms with Crippen molar-refractivity contribution in [3.63, 3.8) is 0 Å². The molecule has 0 aliphatic heterocycles. The monoisotopic (exact) mass is 175 g/mol. The minimum absolute atomic E-state index is 0.854. The van der Waals surface area contributed by atoms with Crippen LogP contribution >= 0.6 is 0 Å². The molecule has 6 nitrogen and oxygen atoms in total. The fourth-order valence-corrected chi connectivity index (χ4v) is 0.213. The summed E-state index contributed by atoms with van der Waals surface area (Å²) in [7, 11) is 0. The number of nitrogens with two attached hydrogens (primary N) is 1. The van der Waals surface area contributed by atoms with E-state index in [1.54, 1.807) is 0 Å². The summed E-state index contributed by atoms with van der Waals surface area (Å²) in [6.07, 6.45) is 0. The number of Topliss-reactive ketones (excluding diaryl/α,β-unsaturated/α-hetero) is 1. The van der Waals surface area contributed by atoms with Crippen molar-refractivity contribution in [1.82, 2.24) is 0 Å². The van der Waals surface area contributed by atoms with Crippen molar-refractivity contribution in [3.05, 3.63) is 0 Å². The Balaban J connectivity index is 3.77. The molecular weight excluding hydrogens is 166 g/mol. The molecule has 6 heteroatoms. The Kier molecular flexibility index (Phi) is 3.92. The highest BCUT2D eigenvalue weighted by molar-refractivity contribution is 6.32. The van der Waals surface area contributed by atoms with E-state index in [0.717, 1.165) is 6.92 Å². The van der Waals surface area contributed by atoms with Crippen LogP contribution in [0.4, 0.5) is 0 Å². The molecule has 0 radical (unpaired) electrons. The summed E-state index contributed by atoms with van der Waals surface area (Å²) in [5, 5.41) is 0. The third kappa shape index (κ3) is 3.67. The summed E-state index contributed by atoms with van der Waals surface area (Å²) in [6, 6.07) is -0.898. The largest absolute Gasteiger partial charge is 0.421 e. The average Bonchev–Trinajstić information content (AvgIpc) is 1.98. The zero-order chi connectivity index (χ0) is 9.72. The van der Waals surface area contributed by atoms with Gasteiger partial charge in [-0.2, -0.15) is 0 Å². The van der Waals surface area contributed by atoms with Gasteiger partial charge in [0, 0.05) is 6.92 Å². The van der Waals surface area contributed by atoms with E-state index in [0.29, 0.717) is 0 Å². The molecule has 0 rings (SSSR count). The zero-order valence-corrected chi connectivity index (χ0v) is 6.70. The van der Waals surface area contributed by atoms with Crippen molar-refractivity contribution in [2.24, 2.45) is 5.73 Å². The third-order valence-electron chi connectivity index (χ3n) is 0.859. The maximum Gasteiger partial charge on any atom is 0.421 e. The lowest BCUT2D eigenvalue weighted by atomic mass is 10.4. The van der Waals surface area contributed by atoms with Crippen LogP contribution in [0, 0.1) is 0 Å². The van der Waals surface area contributed by atoms with Crippen molar-refractivity contribution in [1.29, 1.82) is 0 Å². The second-order valence-corrected chi connectivity index (χ2v) is 2.12. The summed E-state index contributed by atoms with van der Waals surface area (Å²) in [5.41, 5.74) is 5.05. The number of carbonyl (C=O) groups is 3. The van der Waals surface area contributed by atoms with Crippen LogP contribution in [0.5, 0.6) is 0 Å². The number of hydrogen-bond acceptors (Lipinski definition) is 6. The van der Waals surface area contributed by atoms with Gasteiger partial charge in [-0.15, -0.1) is 0 Å². The lowest BCUT2D eigenvalue weighted by Gasteiger charge is -2.02. The molecule has 0 saturated heterocycles. The molecule has 12 heavy (non-hydrogen) atoms. The van der Waals surface area contributed by atoms with Gasteiger partial charge in [-0.05, 0) is 6.92 Å². The lowest BCUT2D eigenvalue weighted by molar-refractivity contribution is -0.257. The van der Waals surface area contributed by atoms with E-state index < -0.39 is 23.8 Å². The molecule has 2 N–H and O–H groups in total. The van der Waals surface area contributed by atoms with Crippen LogP contribution in [0.15, 0.2) is 0 Å². The van der Waals surface area contributed by atoms with Gasteiger partial charge in [-0.3, -0.25) is 4.79 Å². The van der Waals surface area contributed by atoms with Gasteiger partial charge >= 0.3 is 11.9 Å². The molecule has 1 atom stereocenters. The van der Waals surface area contributed by atoms with Gasteiger partial charge in [-0.25, -0.2) is 19.4 Å². The molecule has 0 unspecified atom stereocenters. The molecule has 0 heterocycles. The van der Waals surface area contributed by atoms with Crippen molar-refractivity contribution in [2.45, 2.75) is 19.9 Å². The van der Waals surface area contributed by atoms with Gasteiger partial charge in [0.2, 0.25) is 5.78 Å². The SMILES string of the molecule is CC(=O)C(=O)OOC(=O)[C@@H](C)N.